The summed E-state index contributed by atoms with van der Waals surface area (Å²) >= 11 is 0. The van der Waals surface area contributed by atoms with Gasteiger partial charge in [0.1, 0.15) is 0 Å². The summed E-state index contributed by atoms with van der Waals surface area (Å²) in [5.74, 6) is -1.32. The van der Waals surface area contributed by atoms with Crippen LogP contribution < -0.4 is 5.48 Å². The molecule has 1 amide bonds. The Balaban J connectivity index is 2.27. The molecule has 1 N–H and O–H groups in total. The maximum atomic E-state index is 11.7. The zero-order valence-corrected chi connectivity index (χ0v) is 11.9. The highest BCUT2D eigenvalue weighted by Crippen LogP contribution is 2.01. The first-order chi connectivity index (χ1) is 9.65. The topological polar surface area (TPSA) is 64.6 Å². The monoisotopic (exact) mass is 279 g/mol. The standard InChI is InChI=1S/C15H21NO4/c1-3-4-10-19-11-12(2)14(17)16-20-15(18)13-8-6-5-7-9-13/h5-9,12H,3-4,10-11H2,1-2H3,(H,16,17). The molecular formula is C15H21NO4. The first-order valence-corrected chi connectivity index (χ1v) is 6.79. The molecule has 0 bridgehead atoms. The van der Waals surface area contributed by atoms with Crippen LogP contribution >= 0.6 is 0 Å². The summed E-state index contributed by atoms with van der Waals surface area (Å²) in [4.78, 5) is 28.0. The molecule has 0 saturated carbocycles. The van der Waals surface area contributed by atoms with Crippen molar-refractivity contribution in [3.63, 3.8) is 0 Å². The number of ether oxygens (including phenoxy) is 1. The fourth-order valence-electron chi connectivity index (χ4n) is 1.41. The summed E-state index contributed by atoms with van der Waals surface area (Å²) in [7, 11) is 0. The van der Waals surface area contributed by atoms with E-state index in [4.69, 9.17) is 9.57 Å². The van der Waals surface area contributed by atoms with Gasteiger partial charge in [0.25, 0.3) is 5.91 Å². The molecular weight excluding hydrogens is 258 g/mol. The Hall–Kier alpha value is -1.88. The molecule has 1 aromatic rings. The molecule has 0 aliphatic rings. The molecule has 0 aliphatic carbocycles. The van der Waals surface area contributed by atoms with Crippen LogP contribution in [0.1, 0.15) is 37.0 Å². The molecule has 1 atom stereocenters. The molecule has 1 aromatic carbocycles. The van der Waals surface area contributed by atoms with Crippen molar-refractivity contribution < 1.29 is 19.2 Å². The van der Waals surface area contributed by atoms with Crippen LogP contribution in [0.15, 0.2) is 30.3 Å². The fraction of sp³-hybridized carbons (Fsp3) is 0.467. The fourth-order valence-corrected chi connectivity index (χ4v) is 1.41. The van der Waals surface area contributed by atoms with Gasteiger partial charge in [0, 0.05) is 6.61 Å². The Labute approximate surface area is 119 Å². The van der Waals surface area contributed by atoms with E-state index in [1.165, 1.54) is 0 Å². The van der Waals surface area contributed by atoms with E-state index in [2.05, 4.69) is 12.4 Å². The molecule has 1 rings (SSSR count). The summed E-state index contributed by atoms with van der Waals surface area (Å²) in [6.45, 7) is 4.74. The van der Waals surface area contributed by atoms with Crippen LogP contribution in [0.4, 0.5) is 0 Å². The number of hydrogen-bond donors (Lipinski definition) is 1. The lowest BCUT2D eigenvalue weighted by atomic mass is 10.2. The molecule has 1 unspecified atom stereocenters. The molecule has 0 radical (unpaired) electrons. The highest BCUT2D eigenvalue weighted by atomic mass is 16.7. The lowest BCUT2D eigenvalue weighted by Gasteiger charge is -2.12. The second-order valence-corrected chi connectivity index (χ2v) is 4.55. The van der Waals surface area contributed by atoms with E-state index in [9.17, 15) is 9.59 Å². The Morgan fingerprint density at radius 1 is 1.25 bits per heavy atom. The Kier molecular flexibility index (Phi) is 7.35. The first-order valence-electron chi connectivity index (χ1n) is 6.79. The van der Waals surface area contributed by atoms with Crippen LogP contribution in [0, 0.1) is 5.92 Å². The third-order valence-electron chi connectivity index (χ3n) is 2.71. The normalized spacial score (nSPS) is 11.7. The number of hydroxylamine groups is 1. The molecule has 20 heavy (non-hydrogen) atoms. The molecule has 0 aliphatic heterocycles. The maximum Gasteiger partial charge on any atom is 0.362 e. The minimum Gasteiger partial charge on any atom is -0.381 e. The van der Waals surface area contributed by atoms with Gasteiger partial charge in [0.2, 0.25) is 0 Å². The van der Waals surface area contributed by atoms with Gasteiger partial charge in [-0.15, -0.1) is 0 Å². The highest BCUT2D eigenvalue weighted by molar-refractivity contribution is 5.90. The highest BCUT2D eigenvalue weighted by Gasteiger charge is 2.15. The predicted octanol–water partition coefficient (Wildman–Crippen LogP) is 2.33. The molecule has 0 aromatic heterocycles. The summed E-state index contributed by atoms with van der Waals surface area (Å²) in [5.41, 5.74) is 2.54. The van der Waals surface area contributed by atoms with Gasteiger partial charge >= 0.3 is 5.97 Å². The van der Waals surface area contributed by atoms with Crippen molar-refractivity contribution in [1.29, 1.82) is 0 Å². The number of hydrogen-bond acceptors (Lipinski definition) is 4. The summed E-state index contributed by atoms with van der Waals surface area (Å²) < 4.78 is 5.35. The third kappa shape index (κ3) is 5.84. The molecule has 0 spiro atoms. The Morgan fingerprint density at radius 2 is 1.95 bits per heavy atom. The number of unbranched alkanes of at least 4 members (excludes halogenated alkanes) is 1. The quantitative estimate of drug-likeness (QED) is 0.614. The molecule has 5 nitrogen and oxygen atoms in total. The predicted molar refractivity (Wildman–Crippen MR) is 74.9 cm³/mol. The van der Waals surface area contributed by atoms with E-state index in [0.717, 1.165) is 12.8 Å². The third-order valence-corrected chi connectivity index (χ3v) is 2.71. The van der Waals surface area contributed by atoms with Crippen LogP contribution in [0.5, 0.6) is 0 Å². The summed E-state index contributed by atoms with van der Waals surface area (Å²) in [5, 5.41) is 0. The second-order valence-electron chi connectivity index (χ2n) is 4.55. The van der Waals surface area contributed by atoms with Crippen LogP contribution in [0.3, 0.4) is 0 Å². The van der Waals surface area contributed by atoms with Gasteiger partial charge in [-0.1, -0.05) is 38.5 Å². The van der Waals surface area contributed by atoms with Gasteiger partial charge in [-0.25, -0.2) is 4.79 Å². The van der Waals surface area contributed by atoms with Gasteiger partial charge in [-0.3, -0.25) is 4.79 Å². The van der Waals surface area contributed by atoms with Crippen molar-refractivity contribution in [2.75, 3.05) is 13.2 Å². The molecule has 0 saturated heterocycles. The van der Waals surface area contributed by atoms with E-state index in [-0.39, 0.29) is 11.8 Å². The van der Waals surface area contributed by atoms with Gasteiger partial charge in [0.05, 0.1) is 18.1 Å². The van der Waals surface area contributed by atoms with Crippen molar-refractivity contribution >= 4 is 11.9 Å². The zero-order chi connectivity index (χ0) is 14.8. The largest absolute Gasteiger partial charge is 0.381 e. The summed E-state index contributed by atoms with van der Waals surface area (Å²) in [6.07, 6.45) is 2.02. The minimum absolute atomic E-state index is 0.314. The average molecular weight is 279 g/mol. The minimum atomic E-state index is -0.585. The Morgan fingerprint density at radius 3 is 2.60 bits per heavy atom. The van der Waals surface area contributed by atoms with Gasteiger partial charge in [-0.2, -0.15) is 5.48 Å². The SMILES string of the molecule is CCCCOCC(C)C(=O)NOC(=O)c1ccccc1. The average Bonchev–Trinajstić information content (AvgIpc) is 2.49. The number of amides is 1. The number of carbonyl (C=O) groups excluding carboxylic acids is 2. The Bertz CT molecular complexity index is 419. The molecule has 0 fully saturated rings. The van der Waals surface area contributed by atoms with E-state index < -0.39 is 5.97 Å². The maximum absolute atomic E-state index is 11.7. The molecule has 5 heteroatoms. The van der Waals surface area contributed by atoms with Crippen molar-refractivity contribution in [3.8, 4) is 0 Å². The second kappa shape index (κ2) is 9.09. The number of nitrogens with one attached hydrogen (secondary N) is 1. The lowest BCUT2D eigenvalue weighted by Crippen LogP contribution is -2.33. The van der Waals surface area contributed by atoms with E-state index in [1.54, 1.807) is 37.3 Å². The van der Waals surface area contributed by atoms with Crippen LogP contribution in [-0.4, -0.2) is 25.1 Å². The van der Waals surface area contributed by atoms with E-state index >= 15 is 0 Å². The van der Waals surface area contributed by atoms with Crippen molar-refractivity contribution in [2.45, 2.75) is 26.7 Å². The van der Waals surface area contributed by atoms with E-state index in [0.29, 0.717) is 18.8 Å². The van der Waals surface area contributed by atoms with Crippen LogP contribution in [0.25, 0.3) is 0 Å². The number of carbonyl (C=O) groups is 2. The van der Waals surface area contributed by atoms with Crippen molar-refractivity contribution in [2.24, 2.45) is 5.92 Å². The zero-order valence-electron chi connectivity index (χ0n) is 11.9. The summed E-state index contributed by atoms with van der Waals surface area (Å²) in [6, 6.07) is 8.48. The number of benzene rings is 1. The van der Waals surface area contributed by atoms with Gasteiger partial charge in [0.15, 0.2) is 0 Å². The smallest absolute Gasteiger partial charge is 0.362 e. The molecule has 0 heterocycles. The van der Waals surface area contributed by atoms with Gasteiger partial charge < -0.3 is 9.57 Å². The van der Waals surface area contributed by atoms with Crippen molar-refractivity contribution in [1.82, 2.24) is 5.48 Å². The first kappa shape index (κ1) is 16.2. The number of rotatable bonds is 7. The van der Waals surface area contributed by atoms with Crippen LogP contribution in [-0.2, 0) is 14.4 Å². The van der Waals surface area contributed by atoms with Gasteiger partial charge in [-0.05, 0) is 18.6 Å². The molecule has 110 valence electrons. The van der Waals surface area contributed by atoms with E-state index in [1.807, 2.05) is 0 Å². The lowest BCUT2D eigenvalue weighted by molar-refractivity contribution is -0.135. The van der Waals surface area contributed by atoms with Crippen molar-refractivity contribution in [3.05, 3.63) is 35.9 Å². The van der Waals surface area contributed by atoms with Crippen LogP contribution in [0.2, 0.25) is 0 Å².